The molecule has 0 spiro atoms. The number of nitrogens with zero attached hydrogens (tertiary/aromatic N) is 1. The lowest BCUT2D eigenvalue weighted by Gasteiger charge is -2.36. The molecular formula is C18H29NO. The van der Waals surface area contributed by atoms with Crippen molar-refractivity contribution in [2.24, 2.45) is 0 Å². The van der Waals surface area contributed by atoms with Crippen LogP contribution in [-0.4, -0.2) is 29.1 Å². The second kappa shape index (κ2) is 7.80. The van der Waals surface area contributed by atoms with Crippen LogP contribution in [0.2, 0.25) is 0 Å². The van der Waals surface area contributed by atoms with Crippen molar-refractivity contribution in [3.05, 3.63) is 35.4 Å². The van der Waals surface area contributed by atoms with Crippen molar-refractivity contribution in [1.29, 1.82) is 0 Å². The first-order chi connectivity index (χ1) is 9.72. The molecule has 2 nitrogen and oxygen atoms in total. The fourth-order valence-corrected chi connectivity index (χ4v) is 3.42. The van der Waals surface area contributed by atoms with Gasteiger partial charge in [0.25, 0.3) is 0 Å². The Labute approximate surface area is 123 Å². The smallest absolute Gasteiger partial charge is 0.0804 e. The van der Waals surface area contributed by atoms with Crippen molar-refractivity contribution in [3.63, 3.8) is 0 Å². The number of benzene rings is 1. The number of piperidine rings is 1. The summed E-state index contributed by atoms with van der Waals surface area (Å²) in [4.78, 5) is 2.61. The molecule has 2 unspecified atom stereocenters. The predicted octanol–water partition coefficient (Wildman–Crippen LogP) is 4.07. The van der Waals surface area contributed by atoms with E-state index < -0.39 is 0 Å². The Morgan fingerprint density at radius 2 is 2.10 bits per heavy atom. The van der Waals surface area contributed by atoms with Gasteiger partial charge in [0.2, 0.25) is 0 Å². The molecule has 1 saturated heterocycles. The van der Waals surface area contributed by atoms with Crippen LogP contribution in [0.1, 0.15) is 62.7 Å². The molecule has 1 heterocycles. The molecule has 0 saturated carbocycles. The first-order valence-electron chi connectivity index (χ1n) is 8.20. The maximum absolute atomic E-state index is 10.4. The van der Waals surface area contributed by atoms with E-state index in [1.165, 1.54) is 44.2 Å². The average Bonchev–Trinajstić information content (AvgIpc) is 2.47. The fourth-order valence-electron chi connectivity index (χ4n) is 3.42. The van der Waals surface area contributed by atoms with Crippen molar-refractivity contribution in [2.45, 2.75) is 64.5 Å². The van der Waals surface area contributed by atoms with E-state index in [-0.39, 0.29) is 6.10 Å². The zero-order valence-electron chi connectivity index (χ0n) is 13.0. The summed E-state index contributed by atoms with van der Waals surface area (Å²) in [6.07, 6.45) is 7.14. The second-order valence-corrected chi connectivity index (χ2v) is 6.14. The van der Waals surface area contributed by atoms with E-state index in [1.54, 1.807) is 0 Å². The third-order valence-electron chi connectivity index (χ3n) is 4.61. The molecule has 1 aromatic rings. The molecule has 1 aliphatic heterocycles. The van der Waals surface area contributed by atoms with Gasteiger partial charge in [0.1, 0.15) is 0 Å². The first-order valence-corrected chi connectivity index (χ1v) is 8.20. The topological polar surface area (TPSA) is 23.5 Å². The predicted molar refractivity (Wildman–Crippen MR) is 84.9 cm³/mol. The van der Waals surface area contributed by atoms with Gasteiger partial charge in [-0.05, 0) is 50.3 Å². The van der Waals surface area contributed by atoms with Crippen molar-refractivity contribution in [1.82, 2.24) is 4.90 Å². The third-order valence-corrected chi connectivity index (χ3v) is 4.61. The van der Waals surface area contributed by atoms with E-state index in [0.717, 1.165) is 24.6 Å². The lowest BCUT2D eigenvalue weighted by atomic mass is 9.96. The molecule has 0 bridgehead atoms. The van der Waals surface area contributed by atoms with Crippen LogP contribution in [-0.2, 0) is 0 Å². The van der Waals surface area contributed by atoms with Crippen LogP contribution in [0.3, 0.4) is 0 Å². The molecule has 0 amide bonds. The van der Waals surface area contributed by atoms with E-state index in [9.17, 15) is 5.11 Å². The number of likely N-dealkylation sites (tertiary alicyclic amines) is 1. The largest absolute Gasteiger partial charge is 0.388 e. The Balaban J connectivity index is 1.88. The number of hydrogen-bond donors (Lipinski definition) is 1. The molecule has 0 radical (unpaired) electrons. The molecule has 2 atom stereocenters. The average molecular weight is 275 g/mol. The van der Waals surface area contributed by atoms with Gasteiger partial charge < -0.3 is 10.0 Å². The Hall–Kier alpha value is -0.860. The van der Waals surface area contributed by atoms with Crippen LogP contribution in [0.4, 0.5) is 0 Å². The normalized spacial score (nSPS) is 21.9. The van der Waals surface area contributed by atoms with E-state index in [2.05, 4.69) is 30.9 Å². The summed E-state index contributed by atoms with van der Waals surface area (Å²) in [7, 11) is 0. The van der Waals surface area contributed by atoms with Gasteiger partial charge in [-0.25, -0.2) is 0 Å². The molecule has 0 aromatic heterocycles. The Morgan fingerprint density at radius 1 is 1.30 bits per heavy atom. The second-order valence-electron chi connectivity index (χ2n) is 6.14. The molecule has 2 rings (SSSR count). The highest BCUT2D eigenvalue weighted by Gasteiger charge is 2.22. The quantitative estimate of drug-likeness (QED) is 0.846. The molecule has 1 aromatic carbocycles. The van der Waals surface area contributed by atoms with Gasteiger partial charge in [0, 0.05) is 12.6 Å². The Morgan fingerprint density at radius 3 is 2.85 bits per heavy atom. The van der Waals surface area contributed by atoms with Gasteiger partial charge >= 0.3 is 0 Å². The molecule has 112 valence electrons. The zero-order chi connectivity index (χ0) is 14.4. The van der Waals surface area contributed by atoms with Crippen LogP contribution >= 0.6 is 0 Å². The van der Waals surface area contributed by atoms with Crippen molar-refractivity contribution < 1.29 is 5.11 Å². The Kier molecular flexibility index (Phi) is 6.06. The molecular weight excluding hydrogens is 246 g/mol. The van der Waals surface area contributed by atoms with Gasteiger partial charge in [-0.15, -0.1) is 0 Å². The van der Waals surface area contributed by atoms with Crippen LogP contribution in [0.15, 0.2) is 24.3 Å². The van der Waals surface area contributed by atoms with Gasteiger partial charge in [0.05, 0.1) is 6.10 Å². The van der Waals surface area contributed by atoms with E-state index in [1.807, 2.05) is 12.1 Å². The van der Waals surface area contributed by atoms with Gasteiger partial charge in [-0.1, -0.05) is 44.0 Å². The van der Waals surface area contributed by atoms with Crippen LogP contribution < -0.4 is 0 Å². The zero-order valence-corrected chi connectivity index (χ0v) is 13.0. The van der Waals surface area contributed by atoms with Crippen LogP contribution in [0, 0.1) is 6.92 Å². The fraction of sp³-hybridized carbons (Fsp3) is 0.667. The Bertz CT molecular complexity index is 402. The summed E-state index contributed by atoms with van der Waals surface area (Å²) in [5, 5.41) is 10.4. The highest BCUT2D eigenvalue weighted by atomic mass is 16.3. The number of aliphatic hydroxyl groups is 1. The van der Waals surface area contributed by atoms with Crippen LogP contribution in [0.5, 0.6) is 0 Å². The maximum Gasteiger partial charge on any atom is 0.0804 e. The molecule has 2 heteroatoms. The van der Waals surface area contributed by atoms with E-state index in [0.29, 0.717) is 0 Å². The highest BCUT2D eigenvalue weighted by Crippen LogP contribution is 2.24. The monoisotopic (exact) mass is 275 g/mol. The summed E-state index contributed by atoms with van der Waals surface area (Å²) < 4.78 is 0. The first kappa shape index (κ1) is 15.5. The molecule has 20 heavy (non-hydrogen) atoms. The molecule has 1 N–H and O–H groups in total. The van der Waals surface area contributed by atoms with E-state index in [4.69, 9.17) is 0 Å². The summed E-state index contributed by atoms with van der Waals surface area (Å²) in [6.45, 7) is 6.60. The van der Waals surface area contributed by atoms with Crippen molar-refractivity contribution in [3.8, 4) is 0 Å². The number of hydrogen-bond acceptors (Lipinski definition) is 2. The lowest BCUT2D eigenvalue weighted by molar-refractivity contribution is 0.0985. The maximum atomic E-state index is 10.4. The minimum Gasteiger partial charge on any atom is -0.388 e. The minimum atomic E-state index is -0.319. The molecule has 1 aliphatic rings. The van der Waals surface area contributed by atoms with Crippen LogP contribution in [0.25, 0.3) is 0 Å². The van der Waals surface area contributed by atoms with Crippen molar-refractivity contribution >= 4 is 0 Å². The number of aliphatic hydroxyl groups excluding tert-OH is 1. The van der Waals surface area contributed by atoms with Crippen molar-refractivity contribution in [2.75, 3.05) is 13.1 Å². The number of rotatable bonds is 6. The minimum absolute atomic E-state index is 0.319. The lowest BCUT2D eigenvalue weighted by Crippen LogP contribution is -2.40. The molecule has 0 aliphatic carbocycles. The third kappa shape index (κ3) is 4.07. The van der Waals surface area contributed by atoms with Gasteiger partial charge in [-0.3, -0.25) is 0 Å². The standard InChI is InChI=1S/C18H29NO/c1-3-8-16-10-6-7-13-19(16)14-12-18(20)17-11-5-4-9-15(17)2/h4-5,9,11,16,18,20H,3,6-8,10,12-14H2,1-2H3. The number of aryl methyl sites for hydroxylation is 1. The van der Waals surface area contributed by atoms with Gasteiger partial charge in [-0.2, -0.15) is 0 Å². The highest BCUT2D eigenvalue weighted by molar-refractivity contribution is 5.27. The summed E-state index contributed by atoms with van der Waals surface area (Å²) in [5.74, 6) is 0. The SMILES string of the molecule is CCCC1CCCCN1CCC(O)c1ccccc1C. The van der Waals surface area contributed by atoms with Gasteiger partial charge in [0.15, 0.2) is 0 Å². The van der Waals surface area contributed by atoms with E-state index >= 15 is 0 Å². The summed E-state index contributed by atoms with van der Waals surface area (Å²) in [6, 6.07) is 8.94. The summed E-state index contributed by atoms with van der Waals surface area (Å²) in [5.41, 5.74) is 2.29. The summed E-state index contributed by atoms with van der Waals surface area (Å²) >= 11 is 0. The molecule has 1 fully saturated rings.